The Morgan fingerprint density at radius 2 is 2.10 bits per heavy atom. The van der Waals surface area contributed by atoms with Gasteiger partial charge in [0.2, 0.25) is 5.91 Å². The van der Waals surface area contributed by atoms with E-state index in [4.69, 9.17) is 9.47 Å². The number of hydrogen-bond acceptors (Lipinski definition) is 4. The van der Waals surface area contributed by atoms with E-state index in [0.717, 1.165) is 0 Å². The van der Waals surface area contributed by atoms with E-state index in [0.29, 0.717) is 31.7 Å². The average molecular weight is 291 g/mol. The summed E-state index contributed by atoms with van der Waals surface area (Å²) in [5.74, 6) is -0.659. The van der Waals surface area contributed by atoms with Crippen LogP contribution in [0, 0.1) is 5.92 Å². The van der Waals surface area contributed by atoms with Crippen LogP contribution in [-0.4, -0.2) is 38.2 Å². The second-order valence-electron chi connectivity index (χ2n) is 5.05. The van der Waals surface area contributed by atoms with Crippen LogP contribution in [0.3, 0.4) is 0 Å². The summed E-state index contributed by atoms with van der Waals surface area (Å²) >= 11 is 0. The Labute approximate surface area is 124 Å². The molecule has 2 rings (SSSR count). The van der Waals surface area contributed by atoms with Crippen LogP contribution < -0.4 is 4.90 Å². The fourth-order valence-corrected chi connectivity index (χ4v) is 2.57. The number of anilines is 1. The van der Waals surface area contributed by atoms with Crippen molar-refractivity contribution in [2.45, 2.75) is 25.8 Å². The molecule has 1 heterocycles. The Kier molecular flexibility index (Phi) is 5.33. The molecule has 1 amide bonds. The lowest BCUT2D eigenvalue weighted by molar-refractivity contribution is -0.144. The molecular formula is C16H21NO4. The van der Waals surface area contributed by atoms with Gasteiger partial charge in [0.25, 0.3) is 0 Å². The van der Waals surface area contributed by atoms with Gasteiger partial charge in [-0.05, 0) is 25.0 Å². The molecule has 0 aromatic heterocycles. The van der Waals surface area contributed by atoms with E-state index in [-0.39, 0.29) is 11.8 Å². The van der Waals surface area contributed by atoms with Crippen LogP contribution in [0.15, 0.2) is 30.3 Å². The van der Waals surface area contributed by atoms with Gasteiger partial charge in [-0.15, -0.1) is 0 Å². The quantitative estimate of drug-likeness (QED) is 0.779. The maximum atomic E-state index is 12.8. The number of amides is 1. The Morgan fingerprint density at radius 3 is 2.62 bits per heavy atom. The van der Waals surface area contributed by atoms with Gasteiger partial charge >= 0.3 is 5.97 Å². The number of para-hydroxylation sites is 1. The number of nitrogens with zero attached hydrogens (tertiary/aromatic N) is 1. The SMILES string of the molecule is CC[C@@H](C(=O)OC)N(C(=O)[C@@H]1CCOC1)c1ccccc1. The van der Waals surface area contributed by atoms with Gasteiger partial charge in [-0.1, -0.05) is 25.1 Å². The third kappa shape index (κ3) is 3.42. The zero-order valence-electron chi connectivity index (χ0n) is 12.5. The van der Waals surface area contributed by atoms with Gasteiger partial charge in [0.05, 0.1) is 19.6 Å². The summed E-state index contributed by atoms with van der Waals surface area (Å²) in [6.45, 7) is 2.88. The molecular weight excluding hydrogens is 270 g/mol. The molecule has 5 nitrogen and oxygen atoms in total. The van der Waals surface area contributed by atoms with Crippen molar-refractivity contribution in [3.8, 4) is 0 Å². The van der Waals surface area contributed by atoms with Crippen LogP contribution in [0.5, 0.6) is 0 Å². The number of hydrogen-bond donors (Lipinski definition) is 0. The summed E-state index contributed by atoms with van der Waals surface area (Å²) in [4.78, 5) is 26.4. The van der Waals surface area contributed by atoms with Crippen LogP contribution in [0.1, 0.15) is 19.8 Å². The molecule has 1 aliphatic heterocycles. The van der Waals surface area contributed by atoms with Crippen molar-refractivity contribution in [2.75, 3.05) is 25.2 Å². The first-order valence-electron chi connectivity index (χ1n) is 7.22. The molecule has 0 unspecified atom stereocenters. The Hall–Kier alpha value is -1.88. The summed E-state index contributed by atoms with van der Waals surface area (Å²) < 4.78 is 10.2. The van der Waals surface area contributed by atoms with Crippen molar-refractivity contribution < 1.29 is 19.1 Å². The summed E-state index contributed by atoms with van der Waals surface area (Å²) in [5, 5.41) is 0. The molecule has 5 heteroatoms. The maximum absolute atomic E-state index is 12.8. The van der Waals surface area contributed by atoms with Crippen LogP contribution in [-0.2, 0) is 19.1 Å². The zero-order chi connectivity index (χ0) is 15.2. The highest BCUT2D eigenvalue weighted by molar-refractivity contribution is 6.00. The van der Waals surface area contributed by atoms with Crippen LogP contribution in [0.4, 0.5) is 5.69 Å². The molecule has 0 N–H and O–H groups in total. The predicted molar refractivity (Wildman–Crippen MR) is 78.9 cm³/mol. The molecule has 0 aliphatic carbocycles. The van der Waals surface area contributed by atoms with Crippen LogP contribution in [0.25, 0.3) is 0 Å². The molecule has 114 valence electrons. The number of rotatable bonds is 5. The number of carbonyl (C=O) groups is 2. The summed E-state index contributed by atoms with van der Waals surface area (Å²) in [5.41, 5.74) is 0.714. The molecule has 2 atom stereocenters. The molecule has 0 spiro atoms. The van der Waals surface area contributed by atoms with Crippen molar-refractivity contribution in [2.24, 2.45) is 5.92 Å². The van der Waals surface area contributed by atoms with E-state index in [2.05, 4.69) is 0 Å². The lowest BCUT2D eigenvalue weighted by atomic mass is 10.0. The average Bonchev–Trinajstić information content (AvgIpc) is 3.06. The van der Waals surface area contributed by atoms with Crippen LogP contribution in [0.2, 0.25) is 0 Å². The number of ether oxygens (including phenoxy) is 2. The van der Waals surface area contributed by atoms with Gasteiger partial charge in [0.1, 0.15) is 6.04 Å². The van der Waals surface area contributed by atoms with Gasteiger partial charge < -0.3 is 9.47 Å². The monoisotopic (exact) mass is 291 g/mol. The smallest absolute Gasteiger partial charge is 0.328 e. The van der Waals surface area contributed by atoms with Crippen LogP contribution >= 0.6 is 0 Å². The van der Waals surface area contributed by atoms with Crippen molar-refractivity contribution >= 4 is 17.6 Å². The third-order valence-corrected chi connectivity index (χ3v) is 3.72. The highest BCUT2D eigenvalue weighted by Gasteiger charge is 2.35. The highest BCUT2D eigenvalue weighted by Crippen LogP contribution is 2.25. The van der Waals surface area contributed by atoms with Crippen molar-refractivity contribution in [3.63, 3.8) is 0 Å². The molecule has 1 fully saturated rings. The first-order valence-corrected chi connectivity index (χ1v) is 7.22. The lowest BCUT2D eigenvalue weighted by Crippen LogP contribution is -2.48. The first kappa shape index (κ1) is 15.5. The fourth-order valence-electron chi connectivity index (χ4n) is 2.57. The normalized spacial score (nSPS) is 19.0. The van der Waals surface area contributed by atoms with Gasteiger partial charge in [0, 0.05) is 12.3 Å². The minimum Gasteiger partial charge on any atom is -0.467 e. The topological polar surface area (TPSA) is 55.8 Å². The summed E-state index contributed by atoms with van der Waals surface area (Å²) in [6.07, 6.45) is 1.20. The molecule has 21 heavy (non-hydrogen) atoms. The first-order chi connectivity index (χ1) is 10.2. The second-order valence-corrected chi connectivity index (χ2v) is 5.05. The number of methoxy groups -OCH3 is 1. The standard InChI is InChI=1S/C16H21NO4/c1-3-14(16(19)20-2)17(13-7-5-4-6-8-13)15(18)12-9-10-21-11-12/h4-8,12,14H,3,9-11H2,1-2H3/t12-,14+/m1/s1. The maximum Gasteiger partial charge on any atom is 0.328 e. The van der Waals surface area contributed by atoms with E-state index in [9.17, 15) is 9.59 Å². The zero-order valence-corrected chi connectivity index (χ0v) is 12.5. The van der Waals surface area contributed by atoms with Crippen molar-refractivity contribution in [1.82, 2.24) is 0 Å². The summed E-state index contributed by atoms with van der Waals surface area (Å²) in [7, 11) is 1.34. The lowest BCUT2D eigenvalue weighted by Gasteiger charge is -2.31. The van der Waals surface area contributed by atoms with E-state index >= 15 is 0 Å². The molecule has 1 aliphatic rings. The minimum absolute atomic E-state index is 0.0732. The Morgan fingerprint density at radius 1 is 1.38 bits per heavy atom. The second kappa shape index (κ2) is 7.22. The molecule has 1 aromatic rings. The van der Waals surface area contributed by atoms with Gasteiger partial charge in [-0.2, -0.15) is 0 Å². The Bertz CT molecular complexity index is 482. The van der Waals surface area contributed by atoms with E-state index in [1.54, 1.807) is 4.90 Å². The Balaban J connectivity index is 2.33. The molecule has 1 aromatic carbocycles. The largest absolute Gasteiger partial charge is 0.467 e. The fraction of sp³-hybridized carbons (Fsp3) is 0.500. The number of carbonyl (C=O) groups excluding carboxylic acids is 2. The van der Waals surface area contributed by atoms with Gasteiger partial charge in [-0.25, -0.2) is 4.79 Å². The van der Waals surface area contributed by atoms with Gasteiger partial charge in [0.15, 0.2) is 0 Å². The predicted octanol–water partition coefficient (Wildman–Crippen LogP) is 2.01. The van der Waals surface area contributed by atoms with Crippen molar-refractivity contribution in [1.29, 1.82) is 0 Å². The molecule has 0 saturated carbocycles. The number of esters is 1. The van der Waals surface area contributed by atoms with Crippen molar-refractivity contribution in [3.05, 3.63) is 30.3 Å². The minimum atomic E-state index is -0.606. The molecule has 0 radical (unpaired) electrons. The third-order valence-electron chi connectivity index (χ3n) is 3.72. The van der Waals surface area contributed by atoms with E-state index in [1.807, 2.05) is 37.3 Å². The highest BCUT2D eigenvalue weighted by atomic mass is 16.5. The summed E-state index contributed by atoms with van der Waals surface area (Å²) in [6, 6.07) is 8.64. The van der Waals surface area contributed by atoms with E-state index in [1.165, 1.54) is 7.11 Å². The number of benzene rings is 1. The van der Waals surface area contributed by atoms with E-state index < -0.39 is 12.0 Å². The van der Waals surface area contributed by atoms with Gasteiger partial charge in [-0.3, -0.25) is 9.69 Å². The molecule has 0 bridgehead atoms. The molecule has 1 saturated heterocycles.